The van der Waals surface area contributed by atoms with Crippen LogP contribution in [0.5, 0.6) is 11.5 Å². The standard InChI is InChI=1S/C40H42N4O8S2/c1-6-33(38(48)43-39-35(40(49)52-7-2)30-18-19-44(24(3)45)23-34(30)54-39)53-29-15-11-14-27(22-29)41-37(47)31(42-36(46)25-12-9-8-10-13-25)21-26-20-28(50-4)16-17-32(26)51-5/h8-17,20-22,33H,6-7,18-19,23H2,1-5H3,(H,41,47)(H,42,46)(H,43,48)/b31-21+. The molecular formula is C40H42N4O8S2. The third kappa shape index (κ3) is 9.68. The number of carbonyl (C=O) groups is 5. The first-order chi connectivity index (χ1) is 26.0. The summed E-state index contributed by atoms with van der Waals surface area (Å²) in [6.07, 6.45) is 2.46. The lowest BCUT2D eigenvalue weighted by Gasteiger charge is -2.25. The van der Waals surface area contributed by atoms with Gasteiger partial charge < -0.3 is 35.1 Å². The van der Waals surface area contributed by atoms with Gasteiger partial charge in [-0.3, -0.25) is 19.2 Å². The number of amides is 4. The molecule has 3 N–H and O–H groups in total. The predicted octanol–water partition coefficient (Wildman–Crippen LogP) is 6.77. The van der Waals surface area contributed by atoms with Gasteiger partial charge in [-0.2, -0.15) is 0 Å². The molecule has 2 heterocycles. The Morgan fingerprint density at radius 3 is 2.41 bits per heavy atom. The first-order valence-electron chi connectivity index (χ1n) is 17.3. The van der Waals surface area contributed by atoms with Crippen LogP contribution in [0.15, 0.2) is 83.4 Å². The van der Waals surface area contributed by atoms with Gasteiger partial charge in [0.1, 0.15) is 22.2 Å². The number of esters is 1. The molecule has 1 atom stereocenters. The molecule has 0 saturated heterocycles. The maximum absolute atomic E-state index is 13.8. The van der Waals surface area contributed by atoms with E-state index in [1.807, 2.05) is 13.0 Å². The van der Waals surface area contributed by atoms with E-state index in [1.165, 1.54) is 50.3 Å². The molecule has 54 heavy (non-hydrogen) atoms. The van der Waals surface area contributed by atoms with Crippen LogP contribution >= 0.6 is 23.1 Å². The van der Waals surface area contributed by atoms with Crippen molar-refractivity contribution in [2.75, 3.05) is 38.0 Å². The number of nitrogens with one attached hydrogen (secondary N) is 3. The van der Waals surface area contributed by atoms with E-state index in [-0.39, 0.29) is 24.1 Å². The van der Waals surface area contributed by atoms with E-state index in [4.69, 9.17) is 14.2 Å². The summed E-state index contributed by atoms with van der Waals surface area (Å²) in [6, 6.07) is 20.7. The molecule has 0 radical (unpaired) electrons. The molecule has 14 heteroatoms. The molecule has 4 amide bonds. The fraction of sp³-hybridized carbons (Fsp3) is 0.275. The summed E-state index contributed by atoms with van der Waals surface area (Å²) >= 11 is 2.59. The Kier molecular flexibility index (Phi) is 13.5. The minimum atomic E-state index is -0.590. The second-order valence-corrected chi connectivity index (χ2v) is 14.5. The summed E-state index contributed by atoms with van der Waals surface area (Å²) in [5, 5.41) is 8.43. The highest BCUT2D eigenvalue weighted by Crippen LogP contribution is 2.39. The van der Waals surface area contributed by atoms with E-state index in [0.717, 1.165) is 10.4 Å². The summed E-state index contributed by atoms with van der Waals surface area (Å²) < 4.78 is 16.2. The third-order valence-corrected chi connectivity index (χ3v) is 11.0. The number of rotatable bonds is 14. The highest BCUT2D eigenvalue weighted by atomic mass is 32.2. The normalized spacial score (nSPS) is 12.9. The van der Waals surface area contributed by atoms with Crippen LogP contribution in [0.4, 0.5) is 10.7 Å². The van der Waals surface area contributed by atoms with E-state index in [9.17, 15) is 24.0 Å². The van der Waals surface area contributed by atoms with Crippen LogP contribution in [0.1, 0.15) is 63.9 Å². The van der Waals surface area contributed by atoms with Gasteiger partial charge in [0.25, 0.3) is 11.8 Å². The van der Waals surface area contributed by atoms with E-state index in [0.29, 0.717) is 69.7 Å². The number of benzene rings is 3. The average molecular weight is 771 g/mol. The Bertz CT molecular complexity index is 2060. The number of anilines is 2. The van der Waals surface area contributed by atoms with Crippen LogP contribution in [0, 0.1) is 0 Å². The summed E-state index contributed by atoms with van der Waals surface area (Å²) in [7, 11) is 3.03. The minimum absolute atomic E-state index is 0.0400. The molecule has 5 rings (SSSR count). The van der Waals surface area contributed by atoms with Gasteiger partial charge in [0.15, 0.2) is 0 Å². The van der Waals surface area contributed by atoms with Crippen LogP contribution in [-0.4, -0.2) is 67.1 Å². The first kappa shape index (κ1) is 39.6. The minimum Gasteiger partial charge on any atom is -0.497 e. The SMILES string of the molecule is CCOC(=O)c1c(NC(=O)C(CC)Sc2cccc(NC(=O)/C(=C\c3cc(OC)ccc3OC)NC(=O)c3ccccc3)c2)sc2c1CCN(C(C)=O)C2. The van der Waals surface area contributed by atoms with Gasteiger partial charge >= 0.3 is 5.97 Å². The molecule has 0 fully saturated rings. The third-order valence-electron chi connectivity index (χ3n) is 8.52. The van der Waals surface area contributed by atoms with Crippen molar-refractivity contribution in [2.24, 2.45) is 0 Å². The van der Waals surface area contributed by atoms with Crippen LogP contribution in [-0.2, 0) is 32.1 Å². The number of ether oxygens (including phenoxy) is 3. The monoisotopic (exact) mass is 770 g/mol. The van der Waals surface area contributed by atoms with E-state index < -0.39 is 23.0 Å². The van der Waals surface area contributed by atoms with Gasteiger partial charge in [-0.25, -0.2) is 4.79 Å². The smallest absolute Gasteiger partial charge is 0.341 e. The Labute approximate surface area is 322 Å². The number of hydrogen-bond donors (Lipinski definition) is 3. The number of fused-ring (bicyclic) bond motifs is 1. The van der Waals surface area contributed by atoms with Gasteiger partial charge in [-0.05, 0) is 79.9 Å². The number of methoxy groups -OCH3 is 2. The molecule has 1 unspecified atom stereocenters. The maximum Gasteiger partial charge on any atom is 0.341 e. The van der Waals surface area contributed by atoms with Crippen molar-refractivity contribution >= 4 is 69.5 Å². The highest BCUT2D eigenvalue weighted by Gasteiger charge is 2.31. The van der Waals surface area contributed by atoms with Gasteiger partial charge in [-0.15, -0.1) is 23.1 Å². The molecule has 0 bridgehead atoms. The Morgan fingerprint density at radius 2 is 1.72 bits per heavy atom. The molecular weight excluding hydrogens is 729 g/mol. The quantitative estimate of drug-likeness (QED) is 0.0717. The van der Waals surface area contributed by atoms with Crippen LogP contribution < -0.4 is 25.4 Å². The molecule has 0 aliphatic carbocycles. The topological polar surface area (TPSA) is 152 Å². The Balaban J connectivity index is 1.36. The van der Waals surface area contributed by atoms with Crippen molar-refractivity contribution in [1.82, 2.24) is 10.2 Å². The number of thioether (sulfide) groups is 1. The molecule has 4 aromatic rings. The molecule has 0 spiro atoms. The van der Waals surface area contributed by atoms with E-state index in [1.54, 1.807) is 78.6 Å². The van der Waals surface area contributed by atoms with Crippen molar-refractivity contribution in [2.45, 2.75) is 50.3 Å². The average Bonchev–Trinajstić information content (AvgIpc) is 3.54. The van der Waals surface area contributed by atoms with Gasteiger partial charge in [0.2, 0.25) is 11.8 Å². The second kappa shape index (κ2) is 18.4. The Hall–Kier alpha value is -5.60. The number of thiophene rings is 1. The van der Waals surface area contributed by atoms with E-state index >= 15 is 0 Å². The molecule has 12 nitrogen and oxygen atoms in total. The van der Waals surface area contributed by atoms with Crippen LogP contribution in [0.3, 0.4) is 0 Å². The molecule has 1 aromatic heterocycles. The van der Waals surface area contributed by atoms with Crippen molar-refractivity contribution in [3.63, 3.8) is 0 Å². The molecule has 1 aliphatic heterocycles. The lowest BCUT2D eigenvalue weighted by Crippen LogP contribution is -2.34. The van der Waals surface area contributed by atoms with Crippen LogP contribution in [0.2, 0.25) is 0 Å². The Morgan fingerprint density at radius 1 is 0.944 bits per heavy atom. The largest absolute Gasteiger partial charge is 0.497 e. The summed E-state index contributed by atoms with van der Waals surface area (Å²) in [6.45, 7) is 6.15. The van der Waals surface area contributed by atoms with E-state index in [2.05, 4.69) is 16.0 Å². The number of nitrogens with zero attached hydrogens (tertiary/aromatic N) is 1. The summed E-state index contributed by atoms with van der Waals surface area (Å²) in [5.74, 6) is -0.936. The maximum atomic E-state index is 13.8. The van der Waals surface area contributed by atoms with Gasteiger partial charge in [0.05, 0.1) is 38.2 Å². The van der Waals surface area contributed by atoms with Crippen LogP contribution in [0.25, 0.3) is 6.08 Å². The molecule has 3 aromatic carbocycles. The fourth-order valence-corrected chi connectivity index (χ4v) is 8.02. The van der Waals surface area contributed by atoms with Gasteiger partial charge in [-0.1, -0.05) is 31.2 Å². The number of carbonyl (C=O) groups excluding carboxylic acids is 5. The first-order valence-corrected chi connectivity index (χ1v) is 19.0. The fourth-order valence-electron chi connectivity index (χ4n) is 5.75. The zero-order chi connectivity index (χ0) is 38.8. The van der Waals surface area contributed by atoms with Crippen molar-refractivity contribution in [1.29, 1.82) is 0 Å². The van der Waals surface area contributed by atoms with Gasteiger partial charge in [0, 0.05) is 40.1 Å². The molecule has 282 valence electrons. The molecule has 0 saturated carbocycles. The van der Waals surface area contributed by atoms with Crippen molar-refractivity contribution in [3.05, 3.63) is 106 Å². The predicted molar refractivity (Wildman–Crippen MR) is 210 cm³/mol. The highest BCUT2D eigenvalue weighted by molar-refractivity contribution is 8.00. The zero-order valence-electron chi connectivity index (χ0n) is 30.6. The lowest BCUT2D eigenvalue weighted by molar-refractivity contribution is -0.129. The lowest BCUT2D eigenvalue weighted by atomic mass is 10.0. The summed E-state index contributed by atoms with van der Waals surface area (Å²) in [4.78, 5) is 69.1. The number of hydrogen-bond acceptors (Lipinski definition) is 10. The summed E-state index contributed by atoms with van der Waals surface area (Å²) in [5.41, 5.74) is 2.41. The zero-order valence-corrected chi connectivity index (χ0v) is 32.3. The van der Waals surface area contributed by atoms with Crippen molar-refractivity contribution < 1.29 is 38.2 Å². The van der Waals surface area contributed by atoms with Crippen molar-refractivity contribution in [3.8, 4) is 11.5 Å². The molecule has 1 aliphatic rings. The second-order valence-electron chi connectivity index (χ2n) is 12.1.